The molecule has 162 valence electrons. The summed E-state index contributed by atoms with van der Waals surface area (Å²) in [7, 11) is 1.78. The Kier molecular flexibility index (Phi) is 8.29. The molecule has 2 aliphatic rings. The molecule has 0 unspecified atom stereocenters. The highest BCUT2D eigenvalue weighted by Crippen LogP contribution is 2.29. The molecule has 6 nitrogen and oxygen atoms in total. The van der Waals surface area contributed by atoms with E-state index in [-0.39, 0.29) is 36.6 Å². The number of halogens is 2. The summed E-state index contributed by atoms with van der Waals surface area (Å²) in [5, 5.41) is 3.37. The van der Waals surface area contributed by atoms with Crippen molar-refractivity contribution in [3.8, 4) is 5.75 Å². The first-order valence-electron chi connectivity index (χ1n) is 9.96. The molecular weight excluding hydrogens is 498 g/mol. The van der Waals surface area contributed by atoms with E-state index in [1.165, 1.54) is 17.7 Å². The number of hydrogen-bond donors (Lipinski definition) is 1. The first-order chi connectivity index (χ1) is 14.2. The predicted octanol–water partition coefficient (Wildman–Crippen LogP) is 3.20. The van der Waals surface area contributed by atoms with Crippen molar-refractivity contribution in [2.24, 2.45) is 4.99 Å². The minimum Gasteiger partial charge on any atom is -0.467 e. The van der Waals surface area contributed by atoms with Crippen LogP contribution in [0.2, 0.25) is 0 Å². The zero-order valence-corrected chi connectivity index (χ0v) is 19.5. The average molecular weight is 526 g/mol. The first kappa shape index (κ1) is 22.8. The maximum Gasteiger partial charge on any atom is 0.194 e. The smallest absolute Gasteiger partial charge is 0.194 e. The maximum absolute atomic E-state index is 14.0. The van der Waals surface area contributed by atoms with Crippen LogP contribution in [-0.2, 0) is 24.4 Å². The second-order valence-corrected chi connectivity index (χ2v) is 7.31. The van der Waals surface area contributed by atoms with Crippen molar-refractivity contribution >= 4 is 29.9 Å². The Morgan fingerprint density at radius 2 is 1.90 bits per heavy atom. The molecule has 1 N–H and O–H groups in total. The van der Waals surface area contributed by atoms with Gasteiger partial charge in [-0.05, 0) is 17.7 Å². The molecule has 0 aromatic heterocycles. The van der Waals surface area contributed by atoms with Gasteiger partial charge < -0.3 is 19.7 Å². The van der Waals surface area contributed by atoms with Crippen LogP contribution in [-0.4, -0.2) is 55.8 Å². The molecule has 2 aromatic rings. The van der Waals surface area contributed by atoms with E-state index in [0.29, 0.717) is 18.9 Å². The highest BCUT2D eigenvalue weighted by atomic mass is 127. The fourth-order valence-electron chi connectivity index (χ4n) is 3.85. The first-order valence-corrected chi connectivity index (χ1v) is 9.96. The van der Waals surface area contributed by atoms with Crippen LogP contribution in [0.1, 0.15) is 16.7 Å². The van der Waals surface area contributed by atoms with Gasteiger partial charge in [0.25, 0.3) is 0 Å². The third kappa shape index (κ3) is 5.61. The van der Waals surface area contributed by atoms with E-state index in [2.05, 4.69) is 44.4 Å². The van der Waals surface area contributed by atoms with E-state index >= 15 is 0 Å². The Morgan fingerprint density at radius 3 is 2.63 bits per heavy atom. The number of ether oxygens (including phenoxy) is 2. The van der Waals surface area contributed by atoms with Gasteiger partial charge in [-0.1, -0.05) is 30.3 Å². The lowest BCUT2D eigenvalue weighted by Crippen LogP contribution is -2.52. The number of rotatable bonds is 4. The zero-order valence-electron chi connectivity index (χ0n) is 17.1. The van der Waals surface area contributed by atoms with E-state index in [1.807, 2.05) is 6.07 Å². The van der Waals surface area contributed by atoms with Gasteiger partial charge in [0.15, 0.2) is 12.8 Å². The Hall–Kier alpha value is -1.91. The van der Waals surface area contributed by atoms with Crippen LogP contribution in [0.5, 0.6) is 5.75 Å². The van der Waals surface area contributed by atoms with E-state index in [1.54, 1.807) is 7.05 Å². The Morgan fingerprint density at radius 1 is 1.13 bits per heavy atom. The summed E-state index contributed by atoms with van der Waals surface area (Å²) >= 11 is 0. The fraction of sp³-hybridized carbons (Fsp3) is 0.409. The molecule has 1 saturated heterocycles. The predicted molar refractivity (Wildman–Crippen MR) is 126 cm³/mol. The standard InChI is InChI=1S/C22H27FN4O2.HI/c1-24-22(25-13-18-11-20(23)12-19-15-28-16-29-21(18)19)27-9-7-26(8-10-27)14-17-5-3-2-4-6-17;/h2-6,11-12H,7-10,13-16H2,1H3,(H,24,25);1H. The van der Waals surface area contributed by atoms with E-state index < -0.39 is 0 Å². The van der Waals surface area contributed by atoms with Crippen LogP contribution in [0, 0.1) is 5.82 Å². The van der Waals surface area contributed by atoms with Crippen LogP contribution in [0.4, 0.5) is 4.39 Å². The van der Waals surface area contributed by atoms with Gasteiger partial charge in [0.05, 0.1) is 6.61 Å². The summed E-state index contributed by atoms with van der Waals surface area (Å²) in [6.45, 7) is 5.75. The molecule has 0 atom stereocenters. The lowest BCUT2D eigenvalue weighted by atomic mass is 10.1. The summed E-state index contributed by atoms with van der Waals surface area (Å²) in [6, 6.07) is 13.5. The number of hydrogen-bond acceptors (Lipinski definition) is 4. The number of nitrogens with one attached hydrogen (secondary N) is 1. The molecule has 30 heavy (non-hydrogen) atoms. The Bertz CT molecular complexity index is 858. The molecule has 4 rings (SSSR count). The van der Waals surface area contributed by atoms with Gasteiger partial charge in [0.1, 0.15) is 11.6 Å². The third-order valence-electron chi connectivity index (χ3n) is 5.32. The quantitative estimate of drug-likeness (QED) is 0.377. The van der Waals surface area contributed by atoms with Gasteiger partial charge >= 0.3 is 0 Å². The number of nitrogens with zero attached hydrogens (tertiary/aromatic N) is 3. The lowest BCUT2D eigenvalue weighted by molar-refractivity contribution is -0.0173. The normalized spacial score (nSPS) is 17.0. The maximum atomic E-state index is 14.0. The minimum atomic E-state index is -0.279. The largest absolute Gasteiger partial charge is 0.467 e. The van der Waals surface area contributed by atoms with Crippen LogP contribution < -0.4 is 10.1 Å². The summed E-state index contributed by atoms with van der Waals surface area (Å²) in [6.07, 6.45) is 0. The second-order valence-electron chi connectivity index (χ2n) is 7.31. The molecule has 8 heteroatoms. The van der Waals surface area contributed by atoms with Crippen LogP contribution in [0.25, 0.3) is 0 Å². The molecule has 2 heterocycles. The van der Waals surface area contributed by atoms with Crippen LogP contribution in [0.3, 0.4) is 0 Å². The number of benzene rings is 2. The van der Waals surface area contributed by atoms with Crippen molar-refractivity contribution < 1.29 is 13.9 Å². The molecule has 1 fully saturated rings. The lowest BCUT2D eigenvalue weighted by Gasteiger charge is -2.36. The van der Waals surface area contributed by atoms with Crippen molar-refractivity contribution in [2.75, 3.05) is 40.0 Å². The van der Waals surface area contributed by atoms with Gasteiger partial charge in [-0.15, -0.1) is 24.0 Å². The summed E-state index contributed by atoms with van der Waals surface area (Å²) in [4.78, 5) is 9.13. The second kappa shape index (κ2) is 10.9. The Balaban J connectivity index is 0.00000256. The number of piperazine rings is 1. The summed E-state index contributed by atoms with van der Waals surface area (Å²) in [5.41, 5.74) is 2.87. The van der Waals surface area contributed by atoms with Crippen LogP contribution in [0.15, 0.2) is 47.5 Å². The molecule has 0 radical (unpaired) electrons. The topological polar surface area (TPSA) is 49.3 Å². The van der Waals surface area contributed by atoms with Gasteiger partial charge in [0.2, 0.25) is 0 Å². The van der Waals surface area contributed by atoms with Crippen molar-refractivity contribution in [2.45, 2.75) is 19.7 Å². The fourth-order valence-corrected chi connectivity index (χ4v) is 3.85. The molecule has 0 amide bonds. The molecule has 0 aliphatic carbocycles. The number of aliphatic imine (C=N–C) groups is 1. The summed E-state index contributed by atoms with van der Waals surface area (Å²) < 4.78 is 24.8. The highest BCUT2D eigenvalue weighted by Gasteiger charge is 2.21. The van der Waals surface area contributed by atoms with Crippen molar-refractivity contribution in [3.05, 3.63) is 65.0 Å². The van der Waals surface area contributed by atoms with Gasteiger partial charge in [-0.25, -0.2) is 4.39 Å². The van der Waals surface area contributed by atoms with E-state index in [0.717, 1.165) is 49.8 Å². The molecule has 0 bridgehead atoms. The molecule has 2 aromatic carbocycles. The van der Waals surface area contributed by atoms with Crippen molar-refractivity contribution in [1.82, 2.24) is 15.1 Å². The average Bonchev–Trinajstić information content (AvgIpc) is 2.76. The van der Waals surface area contributed by atoms with Crippen molar-refractivity contribution in [3.63, 3.8) is 0 Å². The highest BCUT2D eigenvalue weighted by molar-refractivity contribution is 14.0. The molecular formula is C22H28FIN4O2. The minimum absolute atomic E-state index is 0. The molecule has 2 aliphatic heterocycles. The number of fused-ring (bicyclic) bond motifs is 1. The molecule has 0 saturated carbocycles. The Labute approximate surface area is 194 Å². The van der Waals surface area contributed by atoms with Gasteiger partial charge in [-0.2, -0.15) is 0 Å². The van der Waals surface area contributed by atoms with Gasteiger partial charge in [0, 0.05) is 57.4 Å². The molecule has 0 spiro atoms. The van der Waals surface area contributed by atoms with Crippen molar-refractivity contribution in [1.29, 1.82) is 0 Å². The van der Waals surface area contributed by atoms with Crippen LogP contribution >= 0.6 is 24.0 Å². The third-order valence-corrected chi connectivity index (χ3v) is 5.32. The van der Waals surface area contributed by atoms with E-state index in [4.69, 9.17) is 9.47 Å². The number of guanidine groups is 1. The monoisotopic (exact) mass is 526 g/mol. The van der Waals surface area contributed by atoms with E-state index in [9.17, 15) is 4.39 Å². The zero-order chi connectivity index (χ0) is 20.1. The van der Waals surface area contributed by atoms with Gasteiger partial charge in [-0.3, -0.25) is 9.89 Å². The summed E-state index contributed by atoms with van der Waals surface area (Å²) in [5.74, 6) is 1.27. The SMILES string of the molecule is CN=C(NCc1cc(F)cc2c1OCOC2)N1CCN(Cc2ccccc2)CC1.I.